The van der Waals surface area contributed by atoms with E-state index in [1.807, 2.05) is 6.07 Å². The van der Waals surface area contributed by atoms with Gasteiger partial charge in [-0.15, -0.1) is 0 Å². The summed E-state index contributed by atoms with van der Waals surface area (Å²) in [4.78, 5) is 50.6. The maximum atomic E-state index is 13.0. The number of anilines is 2. The zero-order valence-electron chi connectivity index (χ0n) is 18.0. The number of rotatable bonds is 6. The molecule has 35 heavy (non-hydrogen) atoms. The number of para-hydroxylation sites is 2. The van der Waals surface area contributed by atoms with E-state index in [0.717, 1.165) is 4.90 Å². The lowest BCUT2D eigenvalue weighted by Gasteiger charge is -2.27. The van der Waals surface area contributed by atoms with Crippen molar-refractivity contribution in [2.24, 2.45) is 0 Å². The van der Waals surface area contributed by atoms with Crippen molar-refractivity contribution in [2.45, 2.75) is 0 Å². The highest BCUT2D eigenvalue weighted by atomic mass is 35.5. The molecule has 1 fully saturated rings. The number of hydrogen-bond donors (Lipinski definition) is 2. The van der Waals surface area contributed by atoms with Gasteiger partial charge in [-0.1, -0.05) is 59.6 Å². The molecule has 0 radical (unpaired) electrons. The van der Waals surface area contributed by atoms with Gasteiger partial charge in [0.05, 0.1) is 15.7 Å². The Morgan fingerprint density at radius 2 is 1.66 bits per heavy atom. The lowest BCUT2D eigenvalue weighted by atomic mass is 10.1. The summed E-state index contributed by atoms with van der Waals surface area (Å²) in [5.74, 6) is -1.81. The van der Waals surface area contributed by atoms with E-state index in [1.54, 1.807) is 42.5 Å². The minimum atomic E-state index is -0.902. The fourth-order valence-electron chi connectivity index (χ4n) is 3.26. The van der Waals surface area contributed by atoms with Crippen LogP contribution in [0.4, 0.5) is 16.2 Å². The smallest absolute Gasteiger partial charge is 0.335 e. The van der Waals surface area contributed by atoms with E-state index < -0.39 is 17.8 Å². The van der Waals surface area contributed by atoms with E-state index in [9.17, 15) is 19.2 Å². The maximum Gasteiger partial charge on any atom is 0.335 e. The Morgan fingerprint density at radius 3 is 2.37 bits per heavy atom. The number of urea groups is 1. The van der Waals surface area contributed by atoms with Crippen LogP contribution in [0.3, 0.4) is 0 Å². The number of amides is 5. The molecule has 2 N–H and O–H groups in total. The van der Waals surface area contributed by atoms with Crippen LogP contribution in [0.1, 0.15) is 5.56 Å². The van der Waals surface area contributed by atoms with Crippen LogP contribution in [0, 0.1) is 0 Å². The molecular formula is C25H17Cl2N3O5. The standard InChI is InChI=1S/C25H17Cl2N3O5/c26-18-8-4-5-9-20(18)30-24(33)17(23(32)29-25(30)34)12-15-10-11-21(19(27)13-15)35-14-22(31)28-16-6-2-1-3-7-16/h1-13H,14H2,(H,28,31)(H,29,32,34)/b17-12+. The van der Waals surface area contributed by atoms with Crippen molar-refractivity contribution >= 4 is 64.4 Å². The SMILES string of the molecule is O=C(COc1ccc(/C=C2\C(=O)NC(=O)N(c3ccccc3Cl)C2=O)cc1Cl)Nc1ccccc1. The molecule has 1 heterocycles. The van der Waals surface area contributed by atoms with Crippen molar-refractivity contribution in [3.05, 3.63) is 94.0 Å². The number of nitrogens with zero attached hydrogens (tertiary/aromatic N) is 1. The molecule has 0 saturated carbocycles. The number of nitrogens with one attached hydrogen (secondary N) is 2. The first kappa shape index (κ1) is 24.0. The average Bonchev–Trinajstić information content (AvgIpc) is 2.83. The van der Waals surface area contributed by atoms with Crippen LogP contribution >= 0.6 is 23.2 Å². The second-order valence-corrected chi connectivity index (χ2v) is 8.12. The lowest BCUT2D eigenvalue weighted by Crippen LogP contribution is -2.54. The molecule has 0 spiro atoms. The number of carbonyl (C=O) groups is 4. The zero-order chi connectivity index (χ0) is 24.9. The van der Waals surface area contributed by atoms with Crippen LogP contribution in [0.25, 0.3) is 6.08 Å². The summed E-state index contributed by atoms with van der Waals surface area (Å²) in [5.41, 5.74) is 0.902. The van der Waals surface area contributed by atoms with Crippen molar-refractivity contribution in [2.75, 3.05) is 16.8 Å². The Balaban J connectivity index is 1.50. The summed E-state index contributed by atoms with van der Waals surface area (Å²) in [5, 5.41) is 5.16. The molecule has 176 valence electrons. The maximum absolute atomic E-state index is 13.0. The second kappa shape index (κ2) is 10.4. The predicted molar refractivity (Wildman–Crippen MR) is 132 cm³/mol. The normalized spacial score (nSPS) is 14.6. The summed E-state index contributed by atoms with van der Waals surface area (Å²) < 4.78 is 5.48. The number of halogens is 2. The van der Waals surface area contributed by atoms with Crippen LogP contribution in [0.2, 0.25) is 10.0 Å². The number of benzene rings is 3. The quantitative estimate of drug-likeness (QED) is 0.370. The molecule has 5 amide bonds. The van der Waals surface area contributed by atoms with Gasteiger partial charge < -0.3 is 10.1 Å². The summed E-state index contributed by atoms with van der Waals surface area (Å²) >= 11 is 12.4. The van der Waals surface area contributed by atoms with Gasteiger partial charge in [0.25, 0.3) is 17.7 Å². The van der Waals surface area contributed by atoms with Crippen LogP contribution in [-0.4, -0.2) is 30.4 Å². The van der Waals surface area contributed by atoms with Gasteiger partial charge in [0.1, 0.15) is 11.3 Å². The van der Waals surface area contributed by atoms with Gasteiger partial charge >= 0.3 is 6.03 Å². The minimum Gasteiger partial charge on any atom is -0.482 e. The molecule has 0 aromatic heterocycles. The molecule has 0 bridgehead atoms. The van der Waals surface area contributed by atoms with E-state index in [2.05, 4.69) is 10.6 Å². The number of barbiturate groups is 1. The molecule has 0 atom stereocenters. The molecule has 3 aromatic rings. The molecule has 0 aliphatic carbocycles. The third-order valence-electron chi connectivity index (χ3n) is 4.88. The molecule has 4 rings (SSSR count). The molecule has 1 aliphatic rings. The van der Waals surface area contributed by atoms with Gasteiger partial charge in [-0.25, -0.2) is 9.69 Å². The third kappa shape index (κ3) is 5.51. The Kier molecular flexibility index (Phi) is 7.14. The van der Waals surface area contributed by atoms with Crippen molar-refractivity contribution in [3.63, 3.8) is 0 Å². The van der Waals surface area contributed by atoms with Crippen LogP contribution in [0.15, 0.2) is 78.4 Å². The number of carbonyl (C=O) groups excluding carboxylic acids is 4. The Hall–Kier alpha value is -4.14. The largest absolute Gasteiger partial charge is 0.482 e. The first-order chi connectivity index (χ1) is 16.8. The summed E-state index contributed by atoms with van der Waals surface area (Å²) in [6, 6.07) is 18.8. The summed E-state index contributed by atoms with van der Waals surface area (Å²) in [6.45, 7) is -0.273. The van der Waals surface area contributed by atoms with Crippen LogP contribution < -0.4 is 20.3 Å². The van der Waals surface area contributed by atoms with E-state index in [4.69, 9.17) is 27.9 Å². The van der Waals surface area contributed by atoms with Gasteiger partial charge in [0.15, 0.2) is 6.61 Å². The number of hydrogen-bond acceptors (Lipinski definition) is 5. The van der Waals surface area contributed by atoms with Crippen LogP contribution in [0.5, 0.6) is 5.75 Å². The zero-order valence-corrected chi connectivity index (χ0v) is 19.5. The van der Waals surface area contributed by atoms with E-state index >= 15 is 0 Å². The van der Waals surface area contributed by atoms with Crippen molar-refractivity contribution < 1.29 is 23.9 Å². The van der Waals surface area contributed by atoms with Crippen molar-refractivity contribution in [3.8, 4) is 5.75 Å². The summed E-state index contributed by atoms with van der Waals surface area (Å²) in [7, 11) is 0. The Bertz CT molecular complexity index is 1360. The molecule has 8 nitrogen and oxygen atoms in total. The van der Waals surface area contributed by atoms with Crippen molar-refractivity contribution in [1.82, 2.24) is 5.32 Å². The topological polar surface area (TPSA) is 105 Å². The molecular weight excluding hydrogens is 493 g/mol. The molecule has 0 unspecified atom stereocenters. The first-order valence-corrected chi connectivity index (χ1v) is 11.0. The monoisotopic (exact) mass is 509 g/mol. The molecule has 3 aromatic carbocycles. The molecule has 10 heteroatoms. The Morgan fingerprint density at radius 1 is 0.943 bits per heavy atom. The highest BCUT2D eigenvalue weighted by Crippen LogP contribution is 2.30. The van der Waals surface area contributed by atoms with E-state index in [0.29, 0.717) is 11.3 Å². The number of ether oxygens (including phenoxy) is 1. The predicted octanol–water partition coefficient (Wildman–Crippen LogP) is 4.68. The Labute approximate surface area is 210 Å². The van der Waals surface area contributed by atoms with Gasteiger partial charge in [0.2, 0.25) is 0 Å². The highest BCUT2D eigenvalue weighted by molar-refractivity contribution is 6.42. The van der Waals surface area contributed by atoms with Crippen LogP contribution in [-0.2, 0) is 14.4 Å². The van der Waals surface area contributed by atoms with E-state index in [-0.39, 0.29) is 39.6 Å². The molecule has 1 saturated heterocycles. The lowest BCUT2D eigenvalue weighted by molar-refractivity contribution is -0.122. The number of imide groups is 2. The fraction of sp³-hybridized carbons (Fsp3) is 0.0400. The third-order valence-corrected chi connectivity index (χ3v) is 5.49. The van der Waals surface area contributed by atoms with Gasteiger partial charge in [-0.05, 0) is 48.0 Å². The minimum absolute atomic E-state index is 0.144. The van der Waals surface area contributed by atoms with E-state index in [1.165, 1.54) is 30.3 Å². The highest BCUT2D eigenvalue weighted by Gasteiger charge is 2.37. The van der Waals surface area contributed by atoms with Gasteiger partial charge in [-0.3, -0.25) is 19.7 Å². The molecule has 1 aliphatic heterocycles. The average molecular weight is 510 g/mol. The second-order valence-electron chi connectivity index (χ2n) is 7.30. The van der Waals surface area contributed by atoms with Gasteiger partial charge in [-0.2, -0.15) is 0 Å². The summed E-state index contributed by atoms with van der Waals surface area (Å²) in [6.07, 6.45) is 1.30. The fourth-order valence-corrected chi connectivity index (χ4v) is 3.73. The van der Waals surface area contributed by atoms with Crippen molar-refractivity contribution in [1.29, 1.82) is 0 Å². The van der Waals surface area contributed by atoms with Gasteiger partial charge in [0, 0.05) is 5.69 Å². The first-order valence-electron chi connectivity index (χ1n) is 10.3.